The maximum atomic E-state index is 11.9. The Bertz CT molecular complexity index is 294. The van der Waals surface area contributed by atoms with Gasteiger partial charge in [-0.1, -0.05) is 0 Å². The van der Waals surface area contributed by atoms with E-state index in [0.29, 0.717) is 0 Å². The molecule has 4 nitrogen and oxygen atoms in total. The van der Waals surface area contributed by atoms with Crippen molar-refractivity contribution >= 4 is 11.8 Å². The van der Waals surface area contributed by atoms with Gasteiger partial charge in [0.2, 0.25) is 0 Å². The summed E-state index contributed by atoms with van der Waals surface area (Å²) in [5.41, 5.74) is -0.513. The summed E-state index contributed by atoms with van der Waals surface area (Å²) in [6, 6.07) is 0. The van der Waals surface area contributed by atoms with Crippen LogP contribution in [0.2, 0.25) is 0 Å². The molecule has 1 heterocycles. The number of carbonyl (C=O) groups is 2. The Kier molecular flexibility index (Phi) is 4.69. The molecule has 0 radical (unpaired) electrons. The summed E-state index contributed by atoms with van der Waals surface area (Å²) in [6.07, 6.45) is 1.84. The van der Waals surface area contributed by atoms with Crippen molar-refractivity contribution in [3.05, 3.63) is 0 Å². The molecule has 1 fully saturated rings. The fourth-order valence-electron chi connectivity index (χ4n) is 2.09. The molecule has 1 unspecified atom stereocenters. The van der Waals surface area contributed by atoms with E-state index in [1.807, 2.05) is 27.8 Å². The van der Waals surface area contributed by atoms with E-state index in [9.17, 15) is 9.59 Å². The molecule has 0 aliphatic carbocycles. The van der Waals surface area contributed by atoms with E-state index in [2.05, 4.69) is 4.90 Å². The zero-order valence-electron chi connectivity index (χ0n) is 11.3. The molecule has 0 aromatic carbocycles. The lowest BCUT2D eigenvalue weighted by Gasteiger charge is -2.28. The summed E-state index contributed by atoms with van der Waals surface area (Å²) >= 11 is 0. The van der Waals surface area contributed by atoms with E-state index in [4.69, 9.17) is 4.74 Å². The van der Waals surface area contributed by atoms with Crippen LogP contribution >= 0.6 is 0 Å². The molecule has 4 heteroatoms. The standard InChI is InChI=1S/C13H23NO3/c1-13(2,3)17-12(16)8-11(15)10-6-5-7-14(4)9-10/h10H,5-9H2,1-4H3. The van der Waals surface area contributed by atoms with Crippen molar-refractivity contribution in [2.24, 2.45) is 5.92 Å². The number of hydrogen-bond acceptors (Lipinski definition) is 4. The van der Waals surface area contributed by atoms with E-state index < -0.39 is 11.6 Å². The predicted molar refractivity (Wildman–Crippen MR) is 65.7 cm³/mol. The van der Waals surface area contributed by atoms with Crippen LogP contribution in [0.25, 0.3) is 0 Å². The van der Waals surface area contributed by atoms with Crippen molar-refractivity contribution in [2.75, 3.05) is 20.1 Å². The molecule has 1 rings (SSSR count). The predicted octanol–water partition coefficient (Wildman–Crippen LogP) is 1.63. The molecule has 17 heavy (non-hydrogen) atoms. The second kappa shape index (κ2) is 5.63. The number of carbonyl (C=O) groups excluding carboxylic acids is 2. The molecule has 1 saturated heterocycles. The fourth-order valence-corrected chi connectivity index (χ4v) is 2.09. The van der Waals surface area contributed by atoms with Gasteiger partial charge in [0.1, 0.15) is 17.8 Å². The Morgan fingerprint density at radius 2 is 2.00 bits per heavy atom. The van der Waals surface area contributed by atoms with Crippen LogP contribution in [0.4, 0.5) is 0 Å². The summed E-state index contributed by atoms with van der Waals surface area (Å²) in [4.78, 5) is 25.6. The zero-order chi connectivity index (χ0) is 13.1. The van der Waals surface area contributed by atoms with Crippen molar-refractivity contribution in [1.82, 2.24) is 4.90 Å². The third-order valence-corrected chi connectivity index (χ3v) is 2.82. The molecule has 0 saturated carbocycles. The topological polar surface area (TPSA) is 46.6 Å². The molecule has 0 aromatic heterocycles. The first-order chi connectivity index (χ1) is 7.78. The van der Waals surface area contributed by atoms with Gasteiger partial charge in [-0.05, 0) is 47.2 Å². The van der Waals surface area contributed by atoms with E-state index in [1.165, 1.54) is 0 Å². The largest absolute Gasteiger partial charge is 0.460 e. The van der Waals surface area contributed by atoms with Crippen molar-refractivity contribution in [2.45, 2.75) is 45.6 Å². The van der Waals surface area contributed by atoms with Crippen LogP contribution in [0.1, 0.15) is 40.0 Å². The quantitative estimate of drug-likeness (QED) is 0.556. The number of esters is 1. The first-order valence-corrected chi connectivity index (χ1v) is 6.21. The maximum Gasteiger partial charge on any atom is 0.313 e. The van der Waals surface area contributed by atoms with Gasteiger partial charge in [0.25, 0.3) is 0 Å². The number of Topliss-reactive ketones (excluding diaryl/α,β-unsaturated/α-hetero) is 1. The van der Waals surface area contributed by atoms with Gasteiger partial charge in [0, 0.05) is 12.5 Å². The van der Waals surface area contributed by atoms with Crippen LogP contribution in [0.5, 0.6) is 0 Å². The summed E-state index contributed by atoms with van der Waals surface area (Å²) in [5, 5.41) is 0. The van der Waals surface area contributed by atoms with Gasteiger partial charge < -0.3 is 9.64 Å². The van der Waals surface area contributed by atoms with Crippen molar-refractivity contribution < 1.29 is 14.3 Å². The molecule has 98 valence electrons. The molecule has 1 aliphatic rings. The van der Waals surface area contributed by atoms with Crippen LogP contribution in [0.3, 0.4) is 0 Å². The highest BCUT2D eigenvalue weighted by Crippen LogP contribution is 2.18. The Morgan fingerprint density at radius 1 is 1.35 bits per heavy atom. The average molecular weight is 241 g/mol. The highest BCUT2D eigenvalue weighted by atomic mass is 16.6. The molecule has 0 amide bonds. The van der Waals surface area contributed by atoms with Gasteiger partial charge in [-0.3, -0.25) is 9.59 Å². The van der Waals surface area contributed by atoms with Crippen LogP contribution in [0.15, 0.2) is 0 Å². The smallest absolute Gasteiger partial charge is 0.313 e. The number of piperidine rings is 1. The molecule has 0 bridgehead atoms. The van der Waals surface area contributed by atoms with Gasteiger partial charge in [0.15, 0.2) is 0 Å². The molecular weight excluding hydrogens is 218 g/mol. The van der Waals surface area contributed by atoms with Crippen LogP contribution in [-0.2, 0) is 14.3 Å². The summed E-state index contributed by atoms with van der Waals surface area (Å²) in [5.74, 6) is -0.386. The van der Waals surface area contributed by atoms with Gasteiger partial charge in [-0.2, -0.15) is 0 Å². The minimum absolute atomic E-state index is 0.00117. The molecule has 1 aliphatic heterocycles. The normalized spacial score (nSPS) is 22.2. The monoisotopic (exact) mass is 241 g/mol. The highest BCUT2D eigenvalue weighted by molar-refractivity contribution is 5.97. The van der Waals surface area contributed by atoms with Crippen molar-refractivity contribution in [1.29, 1.82) is 0 Å². The lowest BCUT2D eigenvalue weighted by Crippen LogP contribution is -2.37. The lowest BCUT2D eigenvalue weighted by atomic mass is 9.92. The van der Waals surface area contributed by atoms with Gasteiger partial charge in [-0.25, -0.2) is 0 Å². The lowest BCUT2D eigenvalue weighted by molar-refractivity contribution is -0.156. The average Bonchev–Trinajstić information content (AvgIpc) is 2.14. The van der Waals surface area contributed by atoms with Crippen LogP contribution < -0.4 is 0 Å². The summed E-state index contributed by atoms with van der Waals surface area (Å²) in [6.45, 7) is 7.23. The third-order valence-electron chi connectivity index (χ3n) is 2.82. The Balaban J connectivity index is 2.40. The van der Waals surface area contributed by atoms with Crippen molar-refractivity contribution in [3.63, 3.8) is 0 Å². The van der Waals surface area contributed by atoms with Gasteiger partial charge in [0.05, 0.1) is 0 Å². The van der Waals surface area contributed by atoms with E-state index in [-0.39, 0.29) is 18.1 Å². The number of likely N-dealkylation sites (tertiary alicyclic amines) is 1. The minimum Gasteiger partial charge on any atom is -0.460 e. The van der Waals surface area contributed by atoms with E-state index in [0.717, 1.165) is 25.9 Å². The molecule has 0 aromatic rings. The molecular formula is C13H23NO3. The van der Waals surface area contributed by atoms with E-state index >= 15 is 0 Å². The second-order valence-corrected chi connectivity index (χ2v) is 5.83. The number of hydrogen-bond donors (Lipinski definition) is 0. The number of ether oxygens (including phenoxy) is 1. The highest BCUT2D eigenvalue weighted by Gasteiger charge is 2.27. The van der Waals surface area contributed by atoms with Crippen molar-refractivity contribution in [3.8, 4) is 0 Å². The number of rotatable bonds is 3. The third kappa shape index (κ3) is 5.31. The molecule has 0 N–H and O–H groups in total. The fraction of sp³-hybridized carbons (Fsp3) is 0.846. The van der Waals surface area contributed by atoms with E-state index in [1.54, 1.807) is 0 Å². The summed E-state index contributed by atoms with van der Waals surface area (Å²) < 4.78 is 5.15. The Hall–Kier alpha value is -0.900. The first-order valence-electron chi connectivity index (χ1n) is 6.21. The van der Waals surface area contributed by atoms with Crippen LogP contribution in [-0.4, -0.2) is 42.4 Å². The minimum atomic E-state index is -0.513. The maximum absolute atomic E-state index is 11.9. The number of nitrogens with zero attached hydrogens (tertiary/aromatic N) is 1. The zero-order valence-corrected chi connectivity index (χ0v) is 11.3. The summed E-state index contributed by atoms with van der Waals surface area (Å²) in [7, 11) is 2.01. The Labute approximate surface area is 103 Å². The van der Waals surface area contributed by atoms with Crippen LogP contribution in [0, 0.1) is 5.92 Å². The van der Waals surface area contributed by atoms with Gasteiger partial charge in [-0.15, -0.1) is 0 Å². The first kappa shape index (κ1) is 14.2. The molecule has 0 spiro atoms. The molecule has 1 atom stereocenters. The number of ketones is 1. The Morgan fingerprint density at radius 3 is 2.53 bits per heavy atom. The SMILES string of the molecule is CN1CCCC(C(=O)CC(=O)OC(C)(C)C)C1. The van der Waals surface area contributed by atoms with Gasteiger partial charge >= 0.3 is 5.97 Å². The second-order valence-electron chi connectivity index (χ2n) is 5.83.